The summed E-state index contributed by atoms with van der Waals surface area (Å²) in [5.74, 6) is 0. The van der Waals surface area contributed by atoms with Crippen LogP contribution in [0.25, 0.3) is 0 Å². The molecule has 0 spiro atoms. The van der Waals surface area contributed by atoms with Crippen LogP contribution in [0.1, 0.15) is 6.92 Å². The van der Waals surface area contributed by atoms with Crippen molar-refractivity contribution in [2.24, 2.45) is 5.73 Å². The lowest BCUT2D eigenvalue weighted by Gasteiger charge is -2.26. The van der Waals surface area contributed by atoms with Gasteiger partial charge < -0.3 is 15.2 Å². The van der Waals surface area contributed by atoms with Crippen LogP contribution in [-0.4, -0.2) is 32.0 Å². The van der Waals surface area contributed by atoms with Crippen molar-refractivity contribution >= 4 is 0 Å². The van der Waals surface area contributed by atoms with Crippen molar-refractivity contribution in [3.63, 3.8) is 0 Å². The van der Waals surface area contributed by atoms with Gasteiger partial charge in [-0.25, -0.2) is 0 Å². The van der Waals surface area contributed by atoms with Gasteiger partial charge in [0.2, 0.25) is 0 Å². The van der Waals surface area contributed by atoms with Gasteiger partial charge in [-0.3, -0.25) is 0 Å². The Balaban J connectivity index is 2.23. The fraction of sp³-hybridized carbons (Fsp3) is 1.00. The number of ether oxygens (including phenoxy) is 2. The van der Waals surface area contributed by atoms with E-state index in [9.17, 15) is 0 Å². The smallest absolute Gasteiger partial charge is 0.0935 e. The van der Waals surface area contributed by atoms with Crippen LogP contribution in [0.15, 0.2) is 0 Å². The Morgan fingerprint density at radius 2 is 2.33 bits per heavy atom. The molecule has 0 amide bonds. The van der Waals surface area contributed by atoms with Crippen molar-refractivity contribution in [1.82, 2.24) is 0 Å². The van der Waals surface area contributed by atoms with Gasteiger partial charge in [0, 0.05) is 6.54 Å². The summed E-state index contributed by atoms with van der Waals surface area (Å²) in [4.78, 5) is 0. The number of hydrogen-bond acceptors (Lipinski definition) is 3. The lowest BCUT2D eigenvalue weighted by atomic mass is 10.3. The molecule has 1 fully saturated rings. The molecule has 1 rings (SSSR count). The van der Waals surface area contributed by atoms with E-state index >= 15 is 0 Å². The molecule has 1 saturated heterocycles. The first-order valence-corrected chi connectivity index (χ1v) is 3.26. The van der Waals surface area contributed by atoms with Crippen molar-refractivity contribution in [1.29, 1.82) is 0 Å². The van der Waals surface area contributed by atoms with Gasteiger partial charge in [-0.2, -0.15) is 0 Å². The number of hydrogen-bond donors (Lipinski definition) is 1. The molecule has 2 atom stereocenters. The van der Waals surface area contributed by atoms with Gasteiger partial charge in [-0.1, -0.05) is 0 Å². The summed E-state index contributed by atoms with van der Waals surface area (Å²) in [6, 6.07) is 0. The second-order valence-corrected chi connectivity index (χ2v) is 2.34. The third-order valence-corrected chi connectivity index (χ3v) is 1.34. The monoisotopic (exact) mass is 131 g/mol. The van der Waals surface area contributed by atoms with Crippen molar-refractivity contribution in [2.75, 3.05) is 19.8 Å². The number of rotatable bonds is 1. The molecule has 1 heterocycles. The molecule has 2 N–H and O–H groups in total. The molecular weight excluding hydrogens is 118 g/mol. The molecule has 1 aliphatic rings. The molecule has 0 unspecified atom stereocenters. The lowest BCUT2D eigenvalue weighted by Crippen LogP contribution is -2.38. The average Bonchev–Trinajstić information content (AvgIpc) is 1.88. The molecule has 3 nitrogen and oxygen atoms in total. The summed E-state index contributed by atoms with van der Waals surface area (Å²) in [6.45, 7) is 3.91. The molecule has 3 heteroatoms. The van der Waals surface area contributed by atoms with Crippen LogP contribution in [-0.2, 0) is 9.47 Å². The Bertz CT molecular complexity index is 87.1. The van der Waals surface area contributed by atoms with E-state index in [-0.39, 0.29) is 12.2 Å². The van der Waals surface area contributed by atoms with Gasteiger partial charge >= 0.3 is 0 Å². The minimum atomic E-state index is 0.119. The Labute approximate surface area is 55.1 Å². The highest BCUT2D eigenvalue weighted by molar-refractivity contribution is 4.64. The summed E-state index contributed by atoms with van der Waals surface area (Å²) in [5.41, 5.74) is 5.36. The summed E-state index contributed by atoms with van der Waals surface area (Å²) >= 11 is 0. The van der Waals surface area contributed by atoms with Crippen molar-refractivity contribution in [3.8, 4) is 0 Å². The minimum absolute atomic E-state index is 0.119. The second kappa shape index (κ2) is 3.15. The maximum atomic E-state index is 5.39. The highest BCUT2D eigenvalue weighted by Crippen LogP contribution is 2.04. The summed E-state index contributed by atoms with van der Waals surface area (Å²) in [6.07, 6.45) is 0.334. The Morgan fingerprint density at radius 1 is 1.56 bits per heavy atom. The average molecular weight is 131 g/mol. The fourth-order valence-electron chi connectivity index (χ4n) is 0.896. The third-order valence-electron chi connectivity index (χ3n) is 1.34. The SMILES string of the molecule is C[C@@H]1COC[C@H](CN)O1. The van der Waals surface area contributed by atoms with Gasteiger partial charge in [0.1, 0.15) is 0 Å². The van der Waals surface area contributed by atoms with E-state index in [1.807, 2.05) is 6.92 Å². The van der Waals surface area contributed by atoms with Gasteiger partial charge in [-0.05, 0) is 6.92 Å². The standard InChI is InChI=1S/C6H13NO2/c1-5-3-8-4-6(2-7)9-5/h5-6H,2-4,7H2,1H3/t5-,6+/m1/s1. The first-order chi connectivity index (χ1) is 4.33. The number of nitrogens with two attached hydrogens (primary N) is 1. The molecular formula is C6H13NO2. The van der Waals surface area contributed by atoms with Gasteiger partial charge in [0.25, 0.3) is 0 Å². The van der Waals surface area contributed by atoms with Crippen LogP contribution in [0.5, 0.6) is 0 Å². The fourth-order valence-corrected chi connectivity index (χ4v) is 0.896. The van der Waals surface area contributed by atoms with Crippen molar-refractivity contribution < 1.29 is 9.47 Å². The molecule has 0 aliphatic carbocycles. The van der Waals surface area contributed by atoms with Gasteiger partial charge in [0.15, 0.2) is 0 Å². The Hall–Kier alpha value is -0.120. The first kappa shape index (κ1) is 6.99. The van der Waals surface area contributed by atoms with Gasteiger partial charge in [0.05, 0.1) is 25.4 Å². The summed E-state index contributed by atoms with van der Waals surface area (Å²) in [7, 11) is 0. The van der Waals surface area contributed by atoms with Crippen LogP contribution in [0.3, 0.4) is 0 Å². The molecule has 0 aromatic rings. The minimum Gasteiger partial charge on any atom is -0.376 e. The largest absolute Gasteiger partial charge is 0.376 e. The summed E-state index contributed by atoms with van der Waals surface area (Å²) < 4.78 is 10.6. The van der Waals surface area contributed by atoms with Crippen molar-refractivity contribution in [2.45, 2.75) is 19.1 Å². The zero-order valence-corrected chi connectivity index (χ0v) is 5.67. The molecule has 0 aromatic carbocycles. The van der Waals surface area contributed by atoms with E-state index < -0.39 is 0 Å². The second-order valence-electron chi connectivity index (χ2n) is 2.34. The lowest BCUT2D eigenvalue weighted by molar-refractivity contribution is -0.126. The van der Waals surface area contributed by atoms with Crippen LogP contribution >= 0.6 is 0 Å². The van der Waals surface area contributed by atoms with E-state index in [4.69, 9.17) is 15.2 Å². The first-order valence-electron chi connectivity index (χ1n) is 3.26. The summed E-state index contributed by atoms with van der Waals surface area (Å²) in [5, 5.41) is 0. The van der Waals surface area contributed by atoms with Crippen LogP contribution in [0.4, 0.5) is 0 Å². The maximum absolute atomic E-state index is 5.39. The molecule has 54 valence electrons. The Kier molecular flexibility index (Phi) is 2.45. The van der Waals surface area contributed by atoms with Crippen molar-refractivity contribution in [3.05, 3.63) is 0 Å². The molecule has 0 bridgehead atoms. The molecule has 0 aromatic heterocycles. The normalized spacial score (nSPS) is 36.7. The highest BCUT2D eigenvalue weighted by atomic mass is 16.6. The third kappa shape index (κ3) is 1.93. The predicted octanol–water partition coefficient (Wildman–Crippen LogP) is -0.251. The van der Waals surface area contributed by atoms with E-state index in [1.54, 1.807) is 0 Å². The maximum Gasteiger partial charge on any atom is 0.0935 e. The topological polar surface area (TPSA) is 44.5 Å². The molecule has 0 radical (unpaired) electrons. The predicted molar refractivity (Wildman–Crippen MR) is 34.2 cm³/mol. The highest BCUT2D eigenvalue weighted by Gasteiger charge is 2.17. The zero-order chi connectivity index (χ0) is 6.69. The van der Waals surface area contributed by atoms with Crippen LogP contribution in [0.2, 0.25) is 0 Å². The Morgan fingerprint density at radius 3 is 2.78 bits per heavy atom. The van der Waals surface area contributed by atoms with Crippen LogP contribution < -0.4 is 5.73 Å². The van der Waals surface area contributed by atoms with E-state index in [0.29, 0.717) is 19.8 Å². The van der Waals surface area contributed by atoms with E-state index in [1.165, 1.54) is 0 Å². The molecule has 9 heavy (non-hydrogen) atoms. The quantitative estimate of drug-likeness (QED) is 0.533. The molecule has 1 aliphatic heterocycles. The zero-order valence-electron chi connectivity index (χ0n) is 5.67. The van der Waals surface area contributed by atoms with E-state index in [0.717, 1.165) is 0 Å². The van der Waals surface area contributed by atoms with Gasteiger partial charge in [-0.15, -0.1) is 0 Å². The van der Waals surface area contributed by atoms with E-state index in [2.05, 4.69) is 0 Å². The molecule has 0 saturated carbocycles. The van der Waals surface area contributed by atoms with Crippen LogP contribution in [0, 0.1) is 0 Å².